The Hall–Kier alpha value is -3.40. The predicted molar refractivity (Wildman–Crippen MR) is 131 cm³/mol. The molecular weight excluding hydrogens is 473 g/mol. The van der Waals surface area contributed by atoms with Gasteiger partial charge in [0.25, 0.3) is 5.56 Å². The number of alkyl halides is 3. The van der Waals surface area contributed by atoms with Crippen LogP contribution < -0.4 is 16.2 Å². The average Bonchev–Trinajstić information content (AvgIpc) is 2.84. The van der Waals surface area contributed by atoms with E-state index in [0.29, 0.717) is 33.8 Å². The van der Waals surface area contributed by atoms with Gasteiger partial charge < -0.3 is 20.3 Å². The largest absolute Gasteiger partial charge is 0.433 e. The van der Waals surface area contributed by atoms with Crippen LogP contribution >= 0.6 is 0 Å². The summed E-state index contributed by atoms with van der Waals surface area (Å²) < 4.78 is 41.4. The second kappa shape index (κ2) is 10.7. The van der Waals surface area contributed by atoms with Crippen LogP contribution in [-0.4, -0.2) is 27.3 Å². The van der Waals surface area contributed by atoms with Crippen molar-refractivity contribution in [3.8, 4) is 0 Å². The smallest absolute Gasteiger partial charge is 0.395 e. The van der Waals surface area contributed by atoms with Gasteiger partial charge in [0, 0.05) is 36.2 Å². The standard InChI is InChI=1S/C26H29F3N4O3/c1-16-5-7-17(8-6-16)24-18(9-11-22(32-24)26(27,28)29)15-30-25(36)31-20-3-2-4-21-19(20)10-12-23(35)33(21)13-14-34/h2-4,9-12,16-17,34H,5-8,13-15H2,1H3,(H2,30,31,36). The van der Waals surface area contributed by atoms with Crippen molar-refractivity contribution in [2.24, 2.45) is 5.92 Å². The summed E-state index contributed by atoms with van der Waals surface area (Å²) in [6, 6.07) is 9.88. The van der Waals surface area contributed by atoms with E-state index in [4.69, 9.17) is 0 Å². The number of fused-ring (bicyclic) bond motifs is 1. The molecule has 1 fully saturated rings. The molecule has 10 heteroatoms. The van der Waals surface area contributed by atoms with Crippen molar-refractivity contribution >= 4 is 22.6 Å². The number of nitrogens with zero attached hydrogens (tertiary/aromatic N) is 2. The van der Waals surface area contributed by atoms with Gasteiger partial charge in [0.05, 0.1) is 17.8 Å². The average molecular weight is 503 g/mol. The number of halogens is 3. The van der Waals surface area contributed by atoms with Crippen LogP contribution in [0, 0.1) is 5.92 Å². The van der Waals surface area contributed by atoms with Crippen LogP contribution in [0.1, 0.15) is 55.5 Å². The highest BCUT2D eigenvalue weighted by molar-refractivity contribution is 6.00. The molecule has 2 amide bonds. The van der Waals surface area contributed by atoms with Crippen LogP contribution in [0.4, 0.5) is 23.7 Å². The molecule has 1 saturated carbocycles. The lowest BCUT2D eigenvalue weighted by Gasteiger charge is -2.27. The molecule has 1 aliphatic carbocycles. The molecule has 0 atom stereocenters. The maximum Gasteiger partial charge on any atom is 0.433 e. The molecule has 7 nitrogen and oxygen atoms in total. The topological polar surface area (TPSA) is 96.3 Å². The minimum Gasteiger partial charge on any atom is -0.395 e. The Morgan fingerprint density at radius 3 is 2.56 bits per heavy atom. The fourth-order valence-corrected chi connectivity index (χ4v) is 4.81. The molecule has 1 aliphatic rings. The summed E-state index contributed by atoms with van der Waals surface area (Å²) in [4.78, 5) is 28.9. The van der Waals surface area contributed by atoms with Gasteiger partial charge in [-0.3, -0.25) is 4.79 Å². The summed E-state index contributed by atoms with van der Waals surface area (Å²) in [5.74, 6) is 0.457. The number of urea groups is 1. The summed E-state index contributed by atoms with van der Waals surface area (Å²) in [7, 11) is 0. The second-order valence-corrected chi connectivity index (χ2v) is 9.29. The van der Waals surface area contributed by atoms with Gasteiger partial charge in [-0.1, -0.05) is 31.9 Å². The first-order valence-electron chi connectivity index (χ1n) is 12.0. The van der Waals surface area contributed by atoms with E-state index in [2.05, 4.69) is 22.5 Å². The number of carbonyl (C=O) groups excluding carboxylic acids is 1. The molecule has 2 heterocycles. The molecule has 3 aromatic rings. The third kappa shape index (κ3) is 5.70. The number of amides is 2. The van der Waals surface area contributed by atoms with Crippen LogP contribution in [-0.2, 0) is 19.3 Å². The molecule has 2 aromatic heterocycles. The zero-order chi connectivity index (χ0) is 25.9. The van der Waals surface area contributed by atoms with Gasteiger partial charge in [-0.2, -0.15) is 13.2 Å². The van der Waals surface area contributed by atoms with Crippen LogP contribution in [0.3, 0.4) is 0 Å². The molecule has 3 N–H and O–H groups in total. The molecule has 4 rings (SSSR count). The SMILES string of the molecule is CC1CCC(c2nc(C(F)(F)F)ccc2CNC(=O)Nc2cccc3c2ccc(=O)n3CCO)CC1. The molecule has 0 bridgehead atoms. The number of benzene rings is 1. The number of anilines is 1. The summed E-state index contributed by atoms with van der Waals surface area (Å²) in [6.45, 7) is 2.08. The van der Waals surface area contributed by atoms with E-state index < -0.39 is 17.9 Å². The maximum atomic E-state index is 13.3. The first-order chi connectivity index (χ1) is 17.2. The second-order valence-electron chi connectivity index (χ2n) is 9.29. The zero-order valence-electron chi connectivity index (χ0n) is 19.9. The highest BCUT2D eigenvalue weighted by Gasteiger charge is 2.34. The summed E-state index contributed by atoms with van der Waals surface area (Å²) in [5.41, 5.74) is 0.799. The Kier molecular flexibility index (Phi) is 7.63. The molecule has 36 heavy (non-hydrogen) atoms. The van der Waals surface area contributed by atoms with Crippen molar-refractivity contribution in [1.82, 2.24) is 14.9 Å². The first-order valence-corrected chi connectivity index (χ1v) is 12.0. The van der Waals surface area contributed by atoms with Crippen molar-refractivity contribution in [3.05, 3.63) is 69.8 Å². The van der Waals surface area contributed by atoms with E-state index in [9.17, 15) is 27.9 Å². The summed E-state index contributed by atoms with van der Waals surface area (Å²) in [6.07, 6.45) is -1.15. The number of rotatable bonds is 6. The van der Waals surface area contributed by atoms with Crippen LogP contribution in [0.15, 0.2) is 47.3 Å². The number of pyridine rings is 2. The Morgan fingerprint density at radius 1 is 1.11 bits per heavy atom. The minimum absolute atomic E-state index is 0.0261. The van der Waals surface area contributed by atoms with Crippen LogP contribution in [0.5, 0.6) is 0 Å². The molecule has 1 aromatic carbocycles. The highest BCUT2D eigenvalue weighted by Crippen LogP contribution is 2.38. The van der Waals surface area contributed by atoms with Crippen molar-refractivity contribution in [2.45, 2.75) is 57.8 Å². The molecule has 192 valence electrons. The molecule has 0 saturated heterocycles. The molecule has 0 spiro atoms. The van der Waals surface area contributed by atoms with Gasteiger partial charge in [-0.15, -0.1) is 0 Å². The molecule has 0 aliphatic heterocycles. The summed E-state index contributed by atoms with van der Waals surface area (Å²) in [5, 5.41) is 15.4. The van der Waals surface area contributed by atoms with E-state index in [1.807, 2.05) is 0 Å². The highest BCUT2D eigenvalue weighted by atomic mass is 19.4. The summed E-state index contributed by atoms with van der Waals surface area (Å²) >= 11 is 0. The number of aromatic nitrogens is 2. The van der Waals surface area contributed by atoms with Crippen molar-refractivity contribution < 1.29 is 23.1 Å². The van der Waals surface area contributed by atoms with E-state index in [1.165, 1.54) is 16.7 Å². The van der Waals surface area contributed by atoms with Crippen molar-refractivity contribution in [3.63, 3.8) is 0 Å². The van der Waals surface area contributed by atoms with Gasteiger partial charge >= 0.3 is 12.2 Å². The van der Waals surface area contributed by atoms with Gasteiger partial charge in [-0.25, -0.2) is 9.78 Å². The lowest BCUT2D eigenvalue weighted by atomic mass is 9.80. The van der Waals surface area contributed by atoms with Crippen molar-refractivity contribution in [2.75, 3.05) is 11.9 Å². The maximum absolute atomic E-state index is 13.3. The van der Waals surface area contributed by atoms with E-state index in [-0.39, 0.29) is 31.2 Å². The van der Waals surface area contributed by atoms with E-state index in [1.54, 1.807) is 24.3 Å². The first kappa shape index (κ1) is 25.7. The van der Waals surface area contributed by atoms with E-state index in [0.717, 1.165) is 31.7 Å². The fraction of sp³-hybridized carbons (Fsp3) is 0.423. The van der Waals surface area contributed by atoms with Gasteiger partial charge in [0.15, 0.2) is 0 Å². The van der Waals surface area contributed by atoms with Crippen LogP contribution in [0.25, 0.3) is 10.9 Å². The van der Waals surface area contributed by atoms with Crippen molar-refractivity contribution in [1.29, 1.82) is 0 Å². The minimum atomic E-state index is -4.54. The van der Waals surface area contributed by atoms with Crippen LogP contribution in [0.2, 0.25) is 0 Å². The molecular formula is C26H29F3N4O3. The molecule has 0 radical (unpaired) electrons. The van der Waals surface area contributed by atoms with E-state index >= 15 is 0 Å². The Bertz CT molecular complexity index is 1300. The number of aliphatic hydroxyl groups excluding tert-OH is 1. The zero-order valence-corrected chi connectivity index (χ0v) is 19.9. The Balaban J connectivity index is 1.53. The normalized spacial score (nSPS) is 18.2. The number of hydrogen-bond donors (Lipinski definition) is 3. The number of carbonyl (C=O) groups is 1. The fourth-order valence-electron chi connectivity index (χ4n) is 4.81. The lowest BCUT2D eigenvalue weighted by molar-refractivity contribution is -0.141. The number of aliphatic hydroxyl groups is 1. The quantitative estimate of drug-likeness (QED) is 0.441. The Labute approximate surface area is 206 Å². The predicted octanol–water partition coefficient (Wildman–Crippen LogP) is 5.02. The molecule has 0 unspecified atom stereocenters. The third-order valence-electron chi connectivity index (χ3n) is 6.75. The monoisotopic (exact) mass is 502 g/mol. The Morgan fingerprint density at radius 2 is 1.86 bits per heavy atom. The lowest BCUT2D eigenvalue weighted by Crippen LogP contribution is -2.29. The third-order valence-corrected chi connectivity index (χ3v) is 6.75. The van der Waals surface area contributed by atoms with Gasteiger partial charge in [0.1, 0.15) is 5.69 Å². The number of hydrogen-bond acceptors (Lipinski definition) is 4. The number of nitrogens with one attached hydrogen (secondary N) is 2. The van der Waals surface area contributed by atoms with Gasteiger partial charge in [0.2, 0.25) is 0 Å². The van der Waals surface area contributed by atoms with Gasteiger partial charge in [-0.05, 0) is 48.6 Å².